The van der Waals surface area contributed by atoms with Gasteiger partial charge in [-0.3, -0.25) is 9.59 Å². The number of unbranched alkanes of at least 4 members (excludes halogenated alkanes) is 3. The second kappa shape index (κ2) is 9.19. The second-order valence-corrected chi connectivity index (χ2v) is 4.02. The third-order valence-corrected chi connectivity index (χ3v) is 2.42. The Morgan fingerprint density at radius 2 is 1.75 bits per heavy atom. The molecule has 0 atom stereocenters. The lowest BCUT2D eigenvalue weighted by atomic mass is 10.1. The molecular weight excluding hydrogens is 206 g/mol. The number of nitrogens with zero attached hydrogens (tertiary/aromatic N) is 1. The number of aliphatic carboxylic acids is 1. The van der Waals surface area contributed by atoms with Crippen LogP contribution in [0.2, 0.25) is 0 Å². The van der Waals surface area contributed by atoms with Crippen molar-refractivity contribution in [1.82, 2.24) is 4.90 Å². The fourth-order valence-electron chi connectivity index (χ4n) is 1.59. The van der Waals surface area contributed by atoms with Crippen LogP contribution in [-0.4, -0.2) is 35.0 Å². The summed E-state index contributed by atoms with van der Waals surface area (Å²) in [6, 6.07) is 0. The summed E-state index contributed by atoms with van der Waals surface area (Å²) < 4.78 is 0. The van der Waals surface area contributed by atoms with Gasteiger partial charge in [-0.05, 0) is 12.8 Å². The van der Waals surface area contributed by atoms with Crippen molar-refractivity contribution in [3.8, 4) is 0 Å². The molecule has 0 aliphatic carbocycles. The molecule has 0 radical (unpaired) electrons. The first-order valence-corrected chi connectivity index (χ1v) is 6.11. The van der Waals surface area contributed by atoms with E-state index in [1.807, 2.05) is 6.92 Å². The minimum Gasteiger partial charge on any atom is -0.480 e. The molecule has 0 aliphatic heterocycles. The Bertz CT molecular complexity index is 216. The van der Waals surface area contributed by atoms with Crippen LogP contribution in [0, 0.1) is 0 Å². The summed E-state index contributed by atoms with van der Waals surface area (Å²) in [5, 5.41) is 8.68. The highest BCUT2D eigenvalue weighted by atomic mass is 16.4. The zero-order valence-corrected chi connectivity index (χ0v) is 10.4. The first kappa shape index (κ1) is 14.9. The fraction of sp³-hybridized carbons (Fsp3) is 0.833. The molecule has 1 N–H and O–H groups in total. The molecule has 16 heavy (non-hydrogen) atoms. The summed E-state index contributed by atoms with van der Waals surface area (Å²) in [7, 11) is 0. The second-order valence-electron chi connectivity index (χ2n) is 4.02. The SMILES string of the molecule is CCCCCCC(=O)N(CCC)CC(=O)O. The molecule has 0 rings (SSSR count). The lowest BCUT2D eigenvalue weighted by Gasteiger charge is -2.19. The zero-order chi connectivity index (χ0) is 12.4. The molecule has 0 bridgehead atoms. The summed E-state index contributed by atoms with van der Waals surface area (Å²) in [4.78, 5) is 23.7. The Hall–Kier alpha value is -1.06. The average molecular weight is 229 g/mol. The molecule has 0 aromatic rings. The molecule has 4 nitrogen and oxygen atoms in total. The van der Waals surface area contributed by atoms with E-state index in [0.29, 0.717) is 13.0 Å². The monoisotopic (exact) mass is 229 g/mol. The van der Waals surface area contributed by atoms with Gasteiger partial charge in [0, 0.05) is 13.0 Å². The average Bonchev–Trinajstić information content (AvgIpc) is 2.23. The number of hydrogen-bond acceptors (Lipinski definition) is 2. The van der Waals surface area contributed by atoms with Crippen molar-refractivity contribution in [2.24, 2.45) is 0 Å². The van der Waals surface area contributed by atoms with Crippen molar-refractivity contribution in [2.45, 2.75) is 52.4 Å². The van der Waals surface area contributed by atoms with Gasteiger partial charge in [0.15, 0.2) is 0 Å². The minimum absolute atomic E-state index is 0.0275. The highest BCUT2D eigenvalue weighted by Crippen LogP contribution is 2.05. The number of amides is 1. The predicted molar refractivity (Wildman–Crippen MR) is 63.3 cm³/mol. The van der Waals surface area contributed by atoms with Crippen LogP contribution in [0.3, 0.4) is 0 Å². The number of hydrogen-bond donors (Lipinski definition) is 1. The lowest BCUT2D eigenvalue weighted by molar-refractivity contribution is -0.144. The normalized spacial score (nSPS) is 10.1. The molecule has 0 unspecified atom stereocenters. The van der Waals surface area contributed by atoms with E-state index in [-0.39, 0.29) is 12.5 Å². The first-order valence-electron chi connectivity index (χ1n) is 6.11. The van der Waals surface area contributed by atoms with Gasteiger partial charge < -0.3 is 10.0 Å². The highest BCUT2D eigenvalue weighted by Gasteiger charge is 2.14. The van der Waals surface area contributed by atoms with E-state index >= 15 is 0 Å². The van der Waals surface area contributed by atoms with E-state index in [1.165, 1.54) is 4.90 Å². The fourth-order valence-corrected chi connectivity index (χ4v) is 1.59. The maximum Gasteiger partial charge on any atom is 0.323 e. The predicted octanol–water partition coefficient (Wildman–Crippen LogP) is 2.28. The van der Waals surface area contributed by atoms with Gasteiger partial charge in [0.1, 0.15) is 6.54 Å². The maximum atomic E-state index is 11.7. The van der Waals surface area contributed by atoms with Crippen molar-refractivity contribution in [3.63, 3.8) is 0 Å². The summed E-state index contributed by atoms with van der Waals surface area (Å²) in [5.41, 5.74) is 0. The van der Waals surface area contributed by atoms with Crippen molar-refractivity contribution >= 4 is 11.9 Å². The van der Waals surface area contributed by atoms with E-state index in [2.05, 4.69) is 6.92 Å². The standard InChI is InChI=1S/C12H23NO3/c1-3-5-6-7-8-11(14)13(9-4-2)10-12(15)16/h3-10H2,1-2H3,(H,15,16). The minimum atomic E-state index is -0.935. The Morgan fingerprint density at radius 1 is 1.06 bits per heavy atom. The molecule has 94 valence electrons. The van der Waals surface area contributed by atoms with Crippen LogP contribution in [0.4, 0.5) is 0 Å². The van der Waals surface area contributed by atoms with Crippen LogP contribution in [0.25, 0.3) is 0 Å². The number of carboxylic acids is 1. The van der Waals surface area contributed by atoms with Gasteiger partial charge in [0.05, 0.1) is 0 Å². The molecule has 0 saturated carbocycles. The van der Waals surface area contributed by atoms with Gasteiger partial charge in [-0.25, -0.2) is 0 Å². The van der Waals surface area contributed by atoms with Crippen LogP contribution >= 0.6 is 0 Å². The molecular formula is C12H23NO3. The van der Waals surface area contributed by atoms with E-state index in [4.69, 9.17) is 5.11 Å². The van der Waals surface area contributed by atoms with Crippen molar-refractivity contribution in [2.75, 3.05) is 13.1 Å². The number of carbonyl (C=O) groups excluding carboxylic acids is 1. The van der Waals surface area contributed by atoms with Crippen LogP contribution < -0.4 is 0 Å². The van der Waals surface area contributed by atoms with Gasteiger partial charge in [0.25, 0.3) is 0 Å². The van der Waals surface area contributed by atoms with Gasteiger partial charge in [-0.2, -0.15) is 0 Å². The quantitative estimate of drug-likeness (QED) is 0.617. The molecule has 0 aromatic carbocycles. The Labute approximate surface area is 97.6 Å². The molecule has 0 heterocycles. The molecule has 1 amide bonds. The number of rotatable bonds is 9. The topological polar surface area (TPSA) is 57.6 Å². The lowest BCUT2D eigenvalue weighted by Crippen LogP contribution is -2.36. The number of carboxylic acid groups (broad SMARTS) is 1. The molecule has 4 heteroatoms. The summed E-state index contributed by atoms with van der Waals surface area (Å²) in [6.45, 7) is 4.44. The summed E-state index contributed by atoms with van der Waals surface area (Å²) in [5.74, 6) is -0.962. The first-order chi connectivity index (χ1) is 7.61. The maximum absolute atomic E-state index is 11.7. The summed E-state index contributed by atoms with van der Waals surface area (Å²) >= 11 is 0. The molecule has 0 aliphatic rings. The van der Waals surface area contributed by atoms with E-state index in [0.717, 1.165) is 32.1 Å². The van der Waals surface area contributed by atoms with E-state index in [9.17, 15) is 9.59 Å². The van der Waals surface area contributed by atoms with E-state index in [1.54, 1.807) is 0 Å². The van der Waals surface area contributed by atoms with Crippen molar-refractivity contribution in [3.05, 3.63) is 0 Å². The van der Waals surface area contributed by atoms with Crippen LogP contribution in [-0.2, 0) is 9.59 Å². The van der Waals surface area contributed by atoms with Crippen molar-refractivity contribution in [1.29, 1.82) is 0 Å². The van der Waals surface area contributed by atoms with Gasteiger partial charge in [-0.1, -0.05) is 33.1 Å². The highest BCUT2D eigenvalue weighted by molar-refractivity contribution is 5.81. The molecule has 0 aromatic heterocycles. The molecule has 0 spiro atoms. The number of carbonyl (C=O) groups is 2. The third-order valence-electron chi connectivity index (χ3n) is 2.42. The van der Waals surface area contributed by atoms with Gasteiger partial charge in [-0.15, -0.1) is 0 Å². The largest absolute Gasteiger partial charge is 0.480 e. The molecule has 0 saturated heterocycles. The smallest absolute Gasteiger partial charge is 0.323 e. The van der Waals surface area contributed by atoms with Crippen LogP contribution in [0.1, 0.15) is 52.4 Å². The third kappa shape index (κ3) is 7.26. The van der Waals surface area contributed by atoms with Gasteiger partial charge in [0.2, 0.25) is 5.91 Å². The Kier molecular flexibility index (Phi) is 8.58. The van der Waals surface area contributed by atoms with Gasteiger partial charge >= 0.3 is 5.97 Å². The Morgan fingerprint density at radius 3 is 2.25 bits per heavy atom. The summed E-state index contributed by atoms with van der Waals surface area (Å²) in [6.07, 6.45) is 5.48. The van der Waals surface area contributed by atoms with Crippen LogP contribution in [0.5, 0.6) is 0 Å². The Balaban J connectivity index is 3.91. The van der Waals surface area contributed by atoms with E-state index < -0.39 is 5.97 Å². The van der Waals surface area contributed by atoms with Crippen LogP contribution in [0.15, 0.2) is 0 Å². The molecule has 0 fully saturated rings. The zero-order valence-electron chi connectivity index (χ0n) is 10.4. The van der Waals surface area contributed by atoms with Crippen molar-refractivity contribution < 1.29 is 14.7 Å².